The molecule has 0 unspecified atom stereocenters. The van der Waals surface area contributed by atoms with Gasteiger partial charge in [0.05, 0.1) is 5.56 Å². The third kappa shape index (κ3) is 6.47. The summed E-state index contributed by atoms with van der Waals surface area (Å²) in [6, 6.07) is 3.57. The van der Waals surface area contributed by atoms with Crippen LogP contribution in [0.3, 0.4) is 0 Å². The van der Waals surface area contributed by atoms with Crippen molar-refractivity contribution in [1.82, 2.24) is 0 Å². The van der Waals surface area contributed by atoms with Crippen molar-refractivity contribution in [2.75, 3.05) is 18.5 Å². The number of aliphatic imine (C=N–C) groups is 1. The van der Waals surface area contributed by atoms with E-state index >= 15 is 0 Å². The van der Waals surface area contributed by atoms with Gasteiger partial charge in [0.1, 0.15) is 18.5 Å². The van der Waals surface area contributed by atoms with Crippen LogP contribution in [0.25, 0.3) is 0 Å². The van der Waals surface area contributed by atoms with E-state index in [2.05, 4.69) is 25.8 Å². The van der Waals surface area contributed by atoms with Crippen LogP contribution in [0, 0.1) is 24.7 Å². The van der Waals surface area contributed by atoms with Crippen molar-refractivity contribution in [2.45, 2.75) is 72.6 Å². The molecule has 1 aliphatic carbocycles. The van der Waals surface area contributed by atoms with Gasteiger partial charge in [-0.25, -0.2) is 0 Å². The molecule has 3 atom stereocenters. The molecule has 31 heavy (non-hydrogen) atoms. The largest absolute Gasteiger partial charge is 0.461 e. The highest BCUT2D eigenvalue weighted by molar-refractivity contribution is 6.01. The molecule has 1 aliphatic rings. The van der Waals surface area contributed by atoms with Gasteiger partial charge in [0.2, 0.25) is 0 Å². The number of hydrogen-bond donors (Lipinski definition) is 0. The third-order valence-electron chi connectivity index (χ3n) is 6.24. The van der Waals surface area contributed by atoms with Gasteiger partial charge in [-0.3, -0.25) is 9.79 Å². The lowest BCUT2D eigenvalue weighted by Gasteiger charge is -2.37. The van der Waals surface area contributed by atoms with E-state index in [0.717, 1.165) is 31.4 Å². The summed E-state index contributed by atoms with van der Waals surface area (Å²) in [5.74, 6) is 1.29. The summed E-state index contributed by atoms with van der Waals surface area (Å²) < 4.78 is 45.8. The molecule has 0 amide bonds. The summed E-state index contributed by atoms with van der Waals surface area (Å²) in [4.78, 5) is 18.7. The summed E-state index contributed by atoms with van der Waals surface area (Å²) in [6.07, 6.45) is -1.19. The molecule has 1 fully saturated rings. The van der Waals surface area contributed by atoms with Crippen LogP contribution in [-0.4, -0.2) is 31.5 Å². The van der Waals surface area contributed by atoms with Crippen molar-refractivity contribution in [3.05, 3.63) is 29.3 Å². The van der Waals surface area contributed by atoms with Crippen LogP contribution < -0.4 is 4.90 Å². The second-order valence-corrected chi connectivity index (χ2v) is 8.93. The third-order valence-corrected chi connectivity index (χ3v) is 6.24. The minimum absolute atomic E-state index is 0.163. The fourth-order valence-corrected chi connectivity index (χ4v) is 4.45. The van der Waals surface area contributed by atoms with Crippen molar-refractivity contribution >= 4 is 17.5 Å². The Morgan fingerprint density at radius 2 is 1.97 bits per heavy atom. The van der Waals surface area contributed by atoms with E-state index in [1.807, 2.05) is 6.92 Å². The zero-order chi connectivity index (χ0) is 23.3. The molecule has 0 heterocycles. The van der Waals surface area contributed by atoms with E-state index < -0.39 is 17.7 Å². The maximum Gasteiger partial charge on any atom is 0.416 e. The lowest BCUT2D eigenvalue weighted by atomic mass is 9.75. The van der Waals surface area contributed by atoms with E-state index in [-0.39, 0.29) is 12.6 Å². The molecule has 1 aromatic rings. The fourth-order valence-electron chi connectivity index (χ4n) is 4.45. The number of alkyl halides is 3. The molecule has 7 heteroatoms. The number of aryl methyl sites for hydroxylation is 1. The van der Waals surface area contributed by atoms with Crippen molar-refractivity contribution in [2.24, 2.45) is 22.7 Å². The zero-order valence-corrected chi connectivity index (χ0v) is 19.4. The van der Waals surface area contributed by atoms with Gasteiger partial charge in [-0.15, -0.1) is 0 Å². The highest BCUT2D eigenvalue weighted by Crippen LogP contribution is 2.36. The predicted molar refractivity (Wildman–Crippen MR) is 118 cm³/mol. The van der Waals surface area contributed by atoms with Gasteiger partial charge < -0.3 is 9.64 Å². The van der Waals surface area contributed by atoms with Crippen LogP contribution in [0.15, 0.2) is 23.2 Å². The van der Waals surface area contributed by atoms with Crippen molar-refractivity contribution in [1.29, 1.82) is 0 Å². The molecule has 0 aromatic heterocycles. The number of benzene rings is 1. The average Bonchev–Trinajstić information content (AvgIpc) is 2.67. The molecule has 0 radical (unpaired) electrons. The van der Waals surface area contributed by atoms with E-state index in [4.69, 9.17) is 4.74 Å². The zero-order valence-electron chi connectivity index (χ0n) is 19.4. The number of esters is 1. The summed E-state index contributed by atoms with van der Waals surface area (Å²) in [7, 11) is 1.58. The first-order chi connectivity index (χ1) is 14.5. The van der Waals surface area contributed by atoms with Gasteiger partial charge in [-0.1, -0.05) is 40.2 Å². The van der Waals surface area contributed by atoms with Crippen LogP contribution in [0.4, 0.5) is 18.9 Å². The van der Waals surface area contributed by atoms with Crippen LogP contribution in [0.5, 0.6) is 0 Å². The maximum absolute atomic E-state index is 13.3. The Bertz CT molecular complexity index is 790. The molecular weight excluding hydrogens is 405 g/mol. The Balaban J connectivity index is 2.31. The second kappa shape index (κ2) is 10.5. The van der Waals surface area contributed by atoms with Gasteiger partial charge >= 0.3 is 12.1 Å². The number of carbonyl (C=O) groups is 1. The number of hydrogen-bond acceptors (Lipinski definition) is 3. The van der Waals surface area contributed by atoms with E-state index in [1.54, 1.807) is 18.9 Å². The van der Waals surface area contributed by atoms with Crippen LogP contribution >= 0.6 is 0 Å². The molecule has 0 saturated heterocycles. The van der Waals surface area contributed by atoms with Crippen LogP contribution in [0.1, 0.15) is 64.5 Å². The molecule has 174 valence electrons. The van der Waals surface area contributed by atoms with Gasteiger partial charge in [-0.2, -0.15) is 13.2 Å². The van der Waals surface area contributed by atoms with Crippen molar-refractivity contribution in [3.63, 3.8) is 0 Å². The number of ether oxygens (including phenoxy) is 1. The van der Waals surface area contributed by atoms with E-state index in [0.29, 0.717) is 41.3 Å². The lowest BCUT2D eigenvalue weighted by molar-refractivity contribution is -0.154. The predicted octanol–water partition coefficient (Wildman–Crippen LogP) is 6.26. The van der Waals surface area contributed by atoms with Gasteiger partial charge in [0.15, 0.2) is 0 Å². The van der Waals surface area contributed by atoms with Gasteiger partial charge in [0.25, 0.3) is 0 Å². The summed E-state index contributed by atoms with van der Waals surface area (Å²) in [6.45, 7) is 9.86. The quantitative estimate of drug-likeness (QED) is 0.298. The molecule has 1 saturated carbocycles. The second-order valence-electron chi connectivity index (χ2n) is 8.93. The molecule has 0 bridgehead atoms. The molecule has 0 N–H and O–H groups in total. The summed E-state index contributed by atoms with van der Waals surface area (Å²) in [5.41, 5.74) is 0.215. The molecular formula is C24H35F3N2O2. The molecule has 1 aromatic carbocycles. The number of amidine groups is 1. The summed E-state index contributed by atoms with van der Waals surface area (Å²) >= 11 is 0. The minimum atomic E-state index is -4.47. The Kier molecular flexibility index (Phi) is 8.55. The smallest absolute Gasteiger partial charge is 0.416 e. The highest BCUT2D eigenvalue weighted by Gasteiger charge is 2.35. The highest BCUT2D eigenvalue weighted by atomic mass is 19.4. The first-order valence-electron chi connectivity index (χ1n) is 11.1. The molecule has 4 nitrogen and oxygen atoms in total. The monoisotopic (exact) mass is 440 g/mol. The van der Waals surface area contributed by atoms with Crippen LogP contribution in [-0.2, 0) is 15.7 Å². The molecule has 0 aliphatic heterocycles. The number of carbonyl (C=O) groups excluding carboxylic acids is 1. The Morgan fingerprint density at radius 1 is 1.29 bits per heavy atom. The first-order valence-corrected chi connectivity index (χ1v) is 11.1. The standard InChI is InChI=1S/C24H35F3N2O2/c1-7-22(28-6)29(20-13-18(24(25,26)27)10-9-17(20)5)14-23(30)31-21-12-16(4)8-11-19(21)15(2)3/h9-10,13,15-16,19,21H,7-8,11-12,14H2,1-6H3/t16-,19+,21-/m1/s1. The van der Waals surface area contributed by atoms with E-state index in [1.165, 1.54) is 6.07 Å². The van der Waals surface area contributed by atoms with Crippen molar-refractivity contribution in [3.8, 4) is 0 Å². The molecule has 0 spiro atoms. The van der Waals surface area contributed by atoms with Crippen LogP contribution in [0.2, 0.25) is 0 Å². The Hall–Kier alpha value is -2.05. The normalized spacial score (nSPS) is 22.5. The number of anilines is 1. The average molecular weight is 441 g/mol. The van der Waals surface area contributed by atoms with Crippen molar-refractivity contribution < 1.29 is 22.7 Å². The summed E-state index contributed by atoms with van der Waals surface area (Å²) in [5, 5.41) is 0. The SMILES string of the molecule is CCC(=NC)N(CC(=O)O[C@@H]1C[C@H](C)CC[C@H]1C(C)C)c1cc(C(F)(F)F)ccc1C. The number of halogens is 3. The fraction of sp³-hybridized carbons (Fsp3) is 0.667. The van der Waals surface area contributed by atoms with Gasteiger partial charge in [0, 0.05) is 19.2 Å². The van der Waals surface area contributed by atoms with E-state index in [9.17, 15) is 18.0 Å². The van der Waals surface area contributed by atoms with Gasteiger partial charge in [-0.05, 0) is 55.2 Å². The lowest BCUT2D eigenvalue weighted by Crippen LogP contribution is -2.41. The Morgan fingerprint density at radius 3 is 2.52 bits per heavy atom. The molecule has 2 rings (SSSR count). The number of rotatable bonds is 6. The number of nitrogens with zero attached hydrogens (tertiary/aromatic N) is 2. The Labute approximate surface area is 183 Å². The minimum Gasteiger partial charge on any atom is -0.461 e. The topological polar surface area (TPSA) is 41.9 Å². The first kappa shape index (κ1) is 25.2. The maximum atomic E-state index is 13.3.